The molecule has 0 radical (unpaired) electrons. The summed E-state index contributed by atoms with van der Waals surface area (Å²) in [5.74, 6) is 0.593. The minimum atomic E-state index is -0.289. The molecule has 2 heterocycles. The molecule has 0 saturated heterocycles. The maximum atomic E-state index is 11.1. The molecule has 7 heteroatoms. The Kier molecular flexibility index (Phi) is 3.93. The van der Waals surface area contributed by atoms with Crippen molar-refractivity contribution in [1.82, 2.24) is 19.7 Å². The van der Waals surface area contributed by atoms with Gasteiger partial charge in [-0.15, -0.1) is 10.2 Å². The number of nitrogens with zero attached hydrogens (tertiary/aromatic N) is 4. The average Bonchev–Trinajstić information content (AvgIpc) is 2.78. The largest absolute Gasteiger partial charge is 0.468 e. The molecule has 0 aliphatic rings. The Morgan fingerprint density at radius 2 is 2.28 bits per heavy atom. The molecule has 0 fully saturated rings. The third-order valence-corrected chi connectivity index (χ3v) is 3.27. The minimum Gasteiger partial charge on any atom is -0.468 e. The highest BCUT2D eigenvalue weighted by Gasteiger charge is 2.13. The van der Waals surface area contributed by atoms with Gasteiger partial charge in [-0.25, -0.2) is 0 Å². The number of pyridine rings is 1. The van der Waals surface area contributed by atoms with Gasteiger partial charge in [-0.05, 0) is 12.1 Å². The summed E-state index contributed by atoms with van der Waals surface area (Å²) < 4.78 is 6.38. The summed E-state index contributed by atoms with van der Waals surface area (Å²) in [6.07, 6.45) is 1.70. The van der Waals surface area contributed by atoms with Crippen molar-refractivity contribution in [2.45, 2.75) is 5.16 Å². The van der Waals surface area contributed by atoms with Crippen LogP contribution in [0.15, 0.2) is 29.6 Å². The fraction of sp³-hybridized carbons (Fsp3) is 0.273. The van der Waals surface area contributed by atoms with Gasteiger partial charge in [-0.1, -0.05) is 17.8 Å². The predicted molar refractivity (Wildman–Crippen MR) is 67.0 cm³/mol. The molecule has 0 aromatic carbocycles. The van der Waals surface area contributed by atoms with E-state index in [0.29, 0.717) is 11.0 Å². The second kappa shape index (κ2) is 5.63. The van der Waals surface area contributed by atoms with Gasteiger partial charge in [0, 0.05) is 13.2 Å². The average molecular weight is 264 g/mol. The molecule has 2 aromatic rings. The first-order valence-electron chi connectivity index (χ1n) is 5.22. The summed E-state index contributed by atoms with van der Waals surface area (Å²) in [4.78, 5) is 15.3. The summed E-state index contributed by atoms with van der Waals surface area (Å²) in [6, 6.07) is 5.59. The summed E-state index contributed by atoms with van der Waals surface area (Å²) in [5, 5.41) is 8.75. The van der Waals surface area contributed by atoms with E-state index in [1.807, 2.05) is 25.2 Å². The van der Waals surface area contributed by atoms with Crippen molar-refractivity contribution in [3.05, 3.63) is 24.4 Å². The molecule has 0 unspecified atom stereocenters. The van der Waals surface area contributed by atoms with E-state index in [1.165, 1.54) is 18.9 Å². The van der Waals surface area contributed by atoms with Gasteiger partial charge in [0.15, 0.2) is 11.0 Å². The molecule has 0 aliphatic carbocycles. The van der Waals surface area contributed by atoms with E-state index in [4.69, 9.17) is 0 Å². The number of rotatable bonds is 4. The van der Waals surface area contributed by atoms with Gasteiger partial charge in [-0.3, -0.25) is 9.78 Å². The number of hydrogen-bond acceptors (Lipinski definition) is 6. The number of aromatic nitrogens is 4. The zero-order valence-electron chi connectivity index (χ0n) is 10.0. The Hall–Kier alpha value is -1.89. The first-order chi connectivity index (χ1) is 8.72. The number of esters is 1. The van der Waals surface area contributed by atoms with Crippen molar-refractivity contribution in [3.63, 3.8) is 0 Å². The molecule has 0 aliphatic heterocycles. The van der Waals surface area contributed by atoms with E-state index < -0.39 is 0 Å². The van der Waals surface area contributed by atoms with Crippen LogP contribution in [0.4, 0.5) is 0 Å². The highest BCUT2D eigenvalue weighted by atomic mass is 32.2. The molecule has 2 aromatic heterocycles. The molecule has 94 valence electrons. The molecule has 0 atom stereocenters. The first-order valence-corrected chi connectivity index (χ1v) is 6.21. The van der Waals surface area contributed by atoms with E-state index in [9.17, 15) is 4.79 Å². The van der Waals surface area contributed by atoms with Gasteiger partial charge in [0.1, 0.15) is 5.69 Å². The van der Waals surface area contributed by atoms with Crippen molar-refractivity contribution in [2.24, 2.45) is 7.05 Å². The van der Waals surface area contributed by atoms with E-state index in [2.05, 4.69) is 19.9 Å². The molecule has 0 bridgehead atoms. The van der Waals surface area contributed by atoms with Crippen LogP contribution in [-0.2, 0) is 16.6 Å². The van der Waals surface area contributed by atoms with Gasteiger partial charge < -0.3 is 9.30 Å². The highest BCUT2D eigenvalue weighted by molar-refractivity contribution is 7.99. The van der Waals surface area contributed by atoms with E-state index in [0.717, 1.165) is 5.69 Å². The van der Waals surface area contributed by atoms with Crippen molar-refractivity contribution < 1.29 is 9.53 Å². The standard InChI is InChI=1S/C11H12N4O2S/c1-15-10(8-5-3-4-6-12-8)13-14-11(15)18-7-9(16)17-2/h3-6H,7H2,1-2H3. The first kappa shape index (κ1) is 12.6. The third-order valence-electron chi connectivity index (χ3n) is 2.28. The van der Waals surface area contributed by atoms with Crippen molar-refractivity contribution in [3.8, 4) is 11.5 Å². The molecule has 0 spiro atoms. The van der Waals surface area contributed by atoms with E-state index in [-0.39, 0.29) is 11.7 Å². The van der Waals surface area contributed by atoms with Crippen LogP contribution in [-0.4, -0.2) is 38.6 Å². The molecule has 18 heavy (non-hydrogen) atoms. The van der Waals surface area contributed by atoms with Crippen molar-refractivity contribution >= 4 is 17.7 Å². The predicted octanol–water partition coefficient (Wildman–Crippen LogP) is 1.14. The molecule has 0 N–H and O–H groups in total. The zero-order chi connectivity index (χ0) is 13.0. The van der Waals surface area contributed by atoms with E-state index >= 15 is 0 Å². The number of methoxy groups -OCH3 is 1. The quantitative estimate of drug-likeness (QED) is 0.609. The zero-order valence-corrected chi connectivity index (χ0v) is 10.8. The molecule has 2 rings (SSSR count). The van der Waals surface area contributed by atoms with Crippen LogP contribution in [0.25, 0.3) is 11.5 Å². The summed E-state index contributed by atoms with van der Waals surface area (Å²) in [5.41, 5.74) is 0.748. The van der Waals surface area contributed by atoms with Crippen LogP contribution >= 0.6 is 11.8 Å². The monoisotopic (exact) mass is 264 g/mol. The van der Waals surface area contributed by atoms with Gasteiger partial charge in [-0.2, -0.15) is 0 Å². The summed E-state index contributed by atoms with van der Waals surface area (Å²) >= 11 is 1.28. The Balaban J connectivity index is 2.17. The SMILES string of the molecule is COC(=O)CSc1nnc(-c2ccccn2)n1C. The Labute approximate surface area is 108 Å². The van der Waals surface area contributed by atoms with E-state index in [1.54, 1.807) is 10.8 Å². The second-order valence-electron chi connectivity index (χ2n) is 3.44. The summed E-state index contributed by atoms with van der Waals surface area (Å²) in [7, 11) is 3.20. The van der Waals surface area contributed by atoms with Gasteiger partial charge in [0.25, 0.3) is 0 Å². The highest BCUT2D eigenvalue weighted by Crippen LogP contribution is 2.20. The number of carbonyl (C=O) groups is 1. The van der Waals surface area contributed by atoms with Crippen LogP contribution in [0.1, 0.15) is 0 Å². The molecular formula is C11H12N4O2S. The second-order valence-corrected chi connectivity index (χ2v) is 4.39. The lowest BCUT2D eigenvalue weighted by Crippen LogP contribution is -2.04. The Morgan fingerprint density at radius 1 is 1.44 bits per heavy atom. The smallest absolute Gasteiger partial charge is 0.316 e. The molecular weight excluding hydrogens is 252 g/mol. The Bertz CT molecular complexity index is 541. The summed E-state index contributed by atoms with van der Waals surface area (Å²) in [6.45, 7) is 0. The maximum Gasteiger partial charge on any atom is 0.316 e. The van der Waals surface area contributed by atoms with Crippen LogP contribution < -0.4 is 0 Å². The van der Waals surface area contributed by atoms with Crippen molar-refractivity contribution in [1.29, 1.82) is 0 Å². The van der Waals surface area contributed by atoms with Crippen molar-refractivity contribution in [2.75, 3.05) is 12.9 Å². The van der Waals surface area contributed by atoms with Crippen LogP contribution in [0, 0.1) is 0 Å². The number of carbonyl (C=O) groups excluding carboxylic acids is 1. The normalized spacial score (nSPS) is 10.3. The van der Waals surface area contributed by atoms with Gasteiger partial charge >= 0.3 is 5.97 Å². The van der Waals surface area contributed by atoms with Crippen LogP contribution in [0.5, 0.6) is 0 Å². The number of ether oxygens (including phenoxy) is 1. The topological polar surface area (TPSA) is 69.9 Å². The number of hydrogen-bond donors (Lipinski definition) is 0. The van der Waals surface area contributed by atoms with Gasteiger partial charge in [0.2, 0.25) is 0 Å². The lowest BCUT2D eigenvalue weighted by atomic mass is 10.3. The molecule has 0 saturated carbocycles. The van der Waals surface area contributed by atoms with Gasteiger partial charge in [0.05, 0.1) is 12.9 Å². The molecule has 0 amide bonds. The fourth-order valence-corrected chi connectivity index (χ4v) is 2.08. The van der Waals surface area contributed by atoms with Crippen LogP contribution in [0.2, 0.25) is 0 Å². The fourth-order valence-electron chi connectivity index (χ4n) is 1.34. The Morgan fingerprint density at radius 3 is 2.94 bits per heavy atom. The van der Waals surface area contributed by atoms with Crippen LogP contribution in [0.3, 0.4) is 0 Å². The lowest BCUT2D eigenvalue weighted by Gasteiger charge is -2.02. The minimum absolute atomic E-state index is 0.213. The third kappa shape index (κ3) is 2.67. The molecule has 6 nitrogen and oxygen atoms in total. The maximum absolute atomic E-state index is 11.1. The number of thioether (sulfide) groups is 1. The lowest BCUT2D eigenvalue weighted by molar-refractivity contribution is -0.137.